The first kappa shape index (κ1) is 11.6. The first-order valence-corrected chi connectivity index (χ1v) is 4.89. The Morgan fingerprint density at radius 2 is 2.33 bits per heavy atom. The summed E-state index contributed by atoms with van der Waals surface area (Å²) < 4.78 is 0. The maximum absolute atomic E-state index is 11.4. The van der Waals surface area contributed by atoms with Crippen LogP contribution in [0.4, 0.5) is 4.79 Å². The molecule has 3 N–H and O–H groups in total. The lowest BCUT2D eigenvalue weighted by Gasteiger charge is -2.15. The van der Waals surface area contributed by atoms with Gasteiger partial charge in [-0.15, -0.1) is 0 Å². The summed E-state index contributed by atoms with van der Waals surface area (Å²) in [5.74, 6) is -0.0460. The van der Waals surface area contributed by atoms with E-state index < -0.39 is 6.09 Å². The highest BCUT2D eigenvalue weighted by Gasteiger charge is 2.31. The van der Waals surface area contributed by atoms with Crippen molar-refractivity contribution in [3.8, 4) is 0 Å². The summed E-state index contributed by atoms with van der Waals surface area (Å²) in [6.07, 6.45) is 1.99. The predicted octanol–water partition coefficient (Wildman–Crippen LogP) is 0.869. The molecule has 0 bridgehead atoms. The van der Waals surface area contributed by atoms with Crippen molar-refractivity contribution in [2.24, 2.45) is 0 Å². The molecular weight excluding hydrogens is 196 g/mol. The molecule has 84 valence electrons. The lowest BCUT2D eigenvalue weighted by atomic mass is 10.0. The number of carboxylic acid groups (broad SMARTS) is 1. The molecule has 0 saturated carbocycles. The fraction of sp³-hybridized carbons (Fsp3) is 0.600. The van der Waals surface area contributed by atoms with Crippen LogP contribution in [0.1, 0.15) is 26.7 Å². The molecule has 0 aliphatic carbocycles. The molecule has 2 amide bonds. The van der Waals surface area contributed by atoms with Crippen LogP contribution < -0.4 is 10.6 Å². The van der Waals surface area contributed by atoms with E-state index in [1.807, 2.05) is 13.8 Å². The molecule has 1 aliphatic heterocycles. The minimum Gasteiger partial charge on any atom is -0.465 e. The molecule has 0 aromatic rings. The highest BCUT2D eigenvalue weighted by atomic mass is 16.4. The maximum Gasteiger partial charge on any atom is 0.404 e. The molecule has 5 nitrogen and oxygen atoms in total. The molecule has 0 spiro atoms. The van der Waals surface area contributed by atoms with Gasteiger partial charge in [0.1, 0.15) is 0 Å². The Kier molecular flexibility index (Phi) is 3.34. The maximum atomic E-state index is 11.4. The molecule has 15 heavy (non-hydrogen) atoms. The van der Waals surface area contributed by atoms with Gasteiger partial charge in [-0.1, -0.05) is 6.08 Å². The fourth-order valence-corrected chi connectivity index (χ4v) is 1.58. The van der Waals surface area contributed by atoms with E-state index in [-0.39, 0.29) is 11.4 Å². The number of amides is 2. The van der Waals surface area contributed by atoms with Crippen molar-refractivity contribution in [1.29, 1.82) is 0 Å². The van der Waals surface area contributed by atoms with Crippen LogP contribution in [0.5, 0.6) is 0 Å². The molecule has 1 aliphatic rings. The number of carbonyl (C=O) groups excluding carboxylic acids is 1. The number of nitrogens with one attached hydrogen (secondary N) is 2. The summed E-state index contributed by atoms with van der Waals surface area (Å²) in [4.78, 5) is 21.6. The van der Waals surface area contributed by atoms with Gasteiger partial charge in [0.25, 0.3) is 0 Å². The SMILES string of the molecule is CC1(C)CC(=CCCNC(=O)O)C(=O)N1. The molecule has 0 unspecified atom stereocenters. The Morgan fingerprint density at radius 3 is 2.80 bits per heavy atom. The van der Waals surface area contributed by atoms with E-state index >= 15 is 0 Å². The molecule has 0 aromatic carbocycles. The van der Waals surface area contributed by atoms with Gasteiger partial charge >= 0.3 is 6.09 Å². The number of carbonyl (C=O) groups is 2. The molecule has 0 aromatic heterocycles. The second kappa shape index (κ2) is 4.33. The molecule has 1 saturated heterocycles. The van der Waals surface area contributed by atoms with Crippen molar-refractivity contribution in [3.63, 3.8) is 0 Å². The Bertz CT molecular complexity index is 308. The van der Waals surface area contributed by atoms with Gasteiger partial charge in [-0.25, -0.2) is 4.79 Å². The van der Waals surface area contributed by atoms with Gasteiger partial charge in [0.2, 0.25) is 5.91 Å². The van der Waals surface area contributed by atoms with Crippen LogP contribution in [-0.4, -0.2) is 29.2 Å². The van der Waals surface area contributed by atoms with E-state index in [1.54, 1.807) is 6.08 Å². The normalized spacial score (nSPS) is 21.5. The second-order valence-corrected chi connectivity index (χ2v) is 4.26. The largest absolute Gasteiger partial charge is 0.465 e. The Balaban J connectivity index is 2.41. The first-order valence-electron chi connectivity index (χ1n) is 4.89. The zero-order valence-corrected chi connectivity index (χ0v) is 8.96. The van der Waals surface area contributed by atoms with Gasteiger partial charge in [0, 0.05) is 24.1 Å². The third-order valence-corrected chi connectivity index (χ3v) is 2.19. The number of rotatable bonds is 3. The fourth-order valence-electron chi connectivity index (χ4n) is 1.58. The van der Waals surface area contributed by atoms with E-state index in [0.717, 1.165) is 5.57 Å². The van der Waals surface area contributed by atoms with Crippen LogP contribution in [-0.2, 0) is 4.79 Å². The standard InChI is InChI=1S/C10H16N2O3/c1-10(2)6-7(8(13)12-10)4-3-5-11-9(14)15/h4,11H,3,5-6H2,1-2H3,(H,12,13)(H,14,15). The Hall–Kier alpha value is -1.52. The molecule has 1 fully saturated rings. The van der Waals surface area contributed by atoms with Gasteiger partial charge in [-0.2, -0.15) is 0 Å². The molecule has 5 heteroatoms. The summed E-state index contributed by atoms with van der Waals surface area (Å²) in [7, 11) is 0. The topological polar surface area (TPSA) is 78.4 Å². The van der Waals surface area contributed by atoms with Crippen LogP contribution in [0, 0.1) is 0 Å². The minimum absolute atomic E-state index is 0.0460. The van der Waals surface area contributed by atoms with Gasteiger partial charge in [-0.3, -0.25) is 4.79 Å². The highest BCUT2D eigenvalue weighted by molar-refractivity contribution is 5.96. The van der Waals surface area contributed by atoms with Gasteiger partial charge in [0.15, 0.2) is 0 Å². The van der Waals surface area contributed by atoms with Crippen LogP contribution >= 0.6 is 0 Å². The lowest BCUT2D eigenvalue weighted by Crippen LogP contribution is -2.34. The Labute approximate surface area is 88.5 Å². The van der Waals surface area contributed by atoms with E-state index in [2.05, 4.69) is 10.6 Å². The van der Waals surface area contributed by atoms with Crippen LogP contribution in [0.25, 0.3) is 0 Å². The average molecular weight is 212 g/mol. The van der Waals surface area contributed by atoms with Crippen LogP contribution in [0.3, 0.4) is 0 Å². The van der Waals surface area contributed by atoms with Crippen molar-refractivity contribution in [2.75, 3.05) is 6.54 Å². The van der Waals surface area contributed by atoms with Crippen LogP contribution in [0.2, 0.25) is 0 Å². The summed E-state index contributed by atoms with van der Waals surface area (Å²) in [6.45, 7) is 4.26. The highest BCUT2D eigenvalue weighted by Crippen LogP contribution is 2.23. The van der Waals surface area contributed by atoms with Crippen molar-refractivity contribution in [1.82, 2.24) is 10.6 Å². The third-order valence-electron chi connectivity index (χ3n) is 2.19. The monoisotopic (exact) mass is 212 g/mol. The van der Waals surface area contributed by atoms with E-state index in [1.165, 1.54) is 0 Å². The van der Waals surface area contributed by atoms with Gasteiger partial charge in [-0.05, 0) is 20.3 Å². The van der Waals surface area contributed by atoms with Crippen molar-refractivity contribution < 1.29 is 14.7 Å². The molecule has 1 rings (SSSR count). The quantitative estimate of drug-likeness (QED) is 0.479. The van der Waals surface area contributed by atoms with Crippen molar-refractivity contribution in [3.05, 3.63) is 11.6 Å². The minimum atomic E-state index is -1.04. The second-order valence-electron chi connectivity index (χ2n) is 4.26. The first-order chi connectivity index (χ1) is 6.91. The lowest BCUT2D eigenvalue weighted by molar-refractivity contribution is -0.116. The van der Waals surface area contributed by atoms with Crippen LogP contribution in [0.15, 0.2) is 11.6 Å². The number of hydrogen-bond acceptors (Lipinski definition) is 2. The van der Waals surface area contributed by atoms with Gasteiger partial charge in [0.05, 0.1) is 0 Å². The molecular formula is C10H16N2O3. The van der Waals surface area contributed by atoms with E-state index in [4.69, 9.17) is 5.11 Å². The third kappa shape index (κ3) is 3.61. The summed E-state index contributed by atoms with van der Waals surface area (Å²) in [6, 6.07) is 0. The van der Waals surface area contributed by atoms with E-state index in [0.29, 0.717) is 19.4 Å². The smallest absolute Gasteiger partial charge is 0.404 e. The summed E-state index contributed by atoms with van der Waals surface area (Å²) in [5.41, 5.74) is 0.565. The Morgan fingerprint density at radius 1 is 1.67 bits per heavy atom. The van der Waals surface area contributed by atoms with E-state index in [9.17, 15) is 9.59 Å². The molecule has 0 atom stereocenters. The zero-order chi connectivity index (χ0) is 11.5. The van der Waals surface area contributed by atoms with Crippen molar-refractivity contribution >= 4 is 12.0 Å². The molecule has 0 radical (unpaired) electrons. The predicted molar refractivity (Wildman–Crippen MR) is 55.6 cm³/mol. The average Bonchev–Trinajstić information content (AvgIpc) is 2.33. The summed E-state index contributed by atoms with van der Waals surface area (Å²) >= 11 is 0. The zero-order valence-electron chi connectivity index (χ0n) is 8.96. The summed E-state index contributed by atoms with van der Waals surface area (Å²) in [5, 5.41) is 13.4. The van der Waals surface area contributed by atoms with Gasteiger partial charge < -0.3 is 15.7 Å². The van der Waals surface area contributed by atoms with Crippen molar-refractivity contribution in [2.45, 2.75) is 32.2 Å². The number of hydrogen-bond donors (Lipinski definition) is 3. The molecule has 1 heterocycles.